The summed E-state index contributed by atoms with van der Waals surface area (Å²) in [7, 11) is 2.21. The maximum Gasteiger partial charge on any atom is 0.0320 e. The van der Waals surface area contributed by atoms with Gasteiger partial charge in [-0.05, 0) is 52.4 Å². The van der Waals surface area contributed by atoms with Gasteiger partial charge in [0.05, 0.1) is 0 Å². The van der Waals surface area contributed by atoms with E-state index in [4.69, 9.17) is 0 Å². The highest BCUT2D eigenvalue weighted by atomic mass is 15.1. The van der Waals surface area contributed by atoms with Crippen molar-refractivity contribution in [3.05, 3.63) is 35.9 Å². The van der Waals surface area contributed by atoms with E-state index in [9.17, 15) is 0 Å². The molecule has 1 N–H and O–H groups in total. The number of rotatable bonds is 11. The van der Waals surface area contributed by atoms with Gasteiger partial charge in [0.1, 0.15) is 0 Å². The first-order valence-corrected chi connectivity index (χ1v) is 8.63. The third-order valence-electron chi connectivity index (χ3n) is 4.26. The normalized spacial score (nSPS) is 13.0. The highest BCUT2D eigenvalue weighted by molar-refractivity contribution is 5.18. The molecule has 0 spiro atoms. The van der Waals surface area contributed by atoms with E-state index in [1.807, 2.05) is 0 Å². The Labute approximate surface area is 131 Å². The SMILES string of the molecule is CCCCCC(NCCCN(C)C(C)C)c1ccccc1. The minimum atomic E-state index is 0.516. The summed E-state index contributed by atoms with van der Waals surface area (Å²) >= 11 is 0. The Balaban J connectivity index is 2.39. The summed E-state index contributed by atoms with van der Waals surface area (Å²) in [6, 6.07) is 12.1. The van der Waals surface area contributed by atoms with Crippen molar-refractivity contribution in [2.75, 3.05) is 20.1 Å². The van der Waals surface area contributed by atoms with Gasteiger partial charge >= 0.3 is 0 Å². The maximum atomic E-state index is 3.76. The molecule has 21 heavy (non-hydrogen) atoms. The Kier molecular flexibility index (Phi) is 9.36. The Morgan fingerprint density at radius 2 is 1.76 bits per heavy atom. The van der Waals surface area contributed by atoms with Crippen LogP contribution in [0.2, 0.25) is 0 Å². The molecular formula is C19H34N2. The van der Waals surface area contributed by atoms with Crippen LogP contribution in [0.5, 0.6) is 0 Å². The van der Waals surface area contributed by atoms with Crippen molar-refractivity contribution in [1.82, 2.24) is 10.2 Å². The minimum absolute atomic E-state index is 0.516. The average molecular weight is 290 g/mol. The molecule has 0 aliphatic heterocycles. The summed E-state index contributed by atoms with van der Waals surface area (Å²) in [5.74, 6) is 0. The van der Waals surface area contributed by atoms with Gasteiger partial charge < -0.3 is 10.2 Å². The summed E-state index contributed by atoms with van der Waals surface area (Å²) in [6.45, 7) is 9.05. The maximum absolute atomic E-state index is 3.76. The number of nitrogens with zero attached hydrogens (tertiary/aromatic N) is 1. The van der Waals surface area contributed by atoms with Crippen LogP contribution in [0.25, 0.3) is 0 Å². The van der Waals surface area contributed by atoms with Crippen LogP contribution >= 0.6 is 0 Å². The zero-order chi connectivity index (χ0) is 15.5. The zero-order valence-electron chi connectivity index (χ0n) is 14.4. The molecule has 1 aromatic rings. The van der Waals surface area contributed by atoms with Gasteiger partial charge in [-0.25, -0.2) is 0 Å². The van der Waals surface area contributed by atoms with Gasteiger partial charge in [-0.2, -0.15) is 0 Å². The van der Waals surface area contributed by atoms with Crippen LogP contribution in [-0.2, 0) is 0 Å². The lowest BCUT2D eigenvalue weighted by atomic mass is 10.0. The third kappa shape index (κ3) is 7.63. The van der Waals surface area contributed by atoms with Crippen LogP contribution in [0, 0.1) is 0 Å². The number of nitrogens with one attached hydrogen (secondary N) is 1. The van der Waals surface area contributed by atoms with Crippen molar-refractivity contribution < 1.29 is 0 Å². The standard InChI is InChI=1S/C19H34N2/c1-5-6-8-14-19(18-12-9-7-10-13-18)20-15-11-16-21(4)17(2)3/h7,9-10,12-13,17,19-20H,5-6,8,11,14-16H2,1-4H3. The molecule has 0 heterocycles. The molecule has 1 aromatic carbocycles. The Bertz CT molecular complexity index is 348. The number of hydrogen-bond donors (Lipinski definition) is 1. The van der Waals surface area contributed by atoms with E-state index < -0.39 is 0 Å². The van der Waals surface area contributed by atoms with Crippen molar-refractivity contribution >= 4 is 0 Å². The summed E-state index contributed by atoms with van der Waals surface area (Å²) in [4.78, 5) is 2.41. The monoisotopic (exact) mass is 290 g/mol. The predicted octanol–water partition coefficient (Wildman–Crippen LogP) is 4.63. The first kappa shape index (κ1) is 18.2. The van der Waals surface area contributed by atoms with E-state index in [-0.39, 0.29) is 0 Å². The van der Waals surface area contributed by atoms with Crippen LogP contribution in [0.15, 0.2) is 30.3 Å². The van der Waals surface area contributed by atoms with Gasteiger partial charge in [-0.1, -0.05) is 56.5 Å². The summed E-state index contributed by atoms with van der Waals surface area (Å²) < 4.78 is 0. The largest absolute Gasteiger partial charge is 0.310 e. The molecule has 0 saturated carbocycles. The molecule has 0 bridgehead atoms. The van der Waals surface area contributed by atoms with Gasteiger partial charge in [0, 0.05) is 12.1 Å². The predicted molar refractivity (Wildman–Crippen MR) is 93.7 cm³/mol. The minimum Gasteiger partial charge on any atom is -0.310 e. The Hall–Kier alpha value is -0.860. The fraction of sp³-hybridized carbons (Fsp3) is 0.684. The van der Waals surface area contributed by atoms with Crippen molar-refractivity contribution in [1.29, 1.82) is 0 Å². The lowest BCUT2D eigenvalue weighted by molar-refractivity contribution is 0.267. The molecule has 0 fully saturated rings. The molecule has 0 aromatic heterocycles. The van der Waals surface area contributed by atoms with E-state index in [1.165, 1.54) is 44.2 Å². The smallest absolute Gasteiger partial charge is 0.0320 e. The van der Waals surface area contributed by atoms with Crippen molar-refractivity contribution in [2.45, 2.75) is 65.0 Å². The van der Waals surface area contributed by atoms with E-state index >= 15 is 0 Å². The average Bonchev–Trinajstić information content (AvgIpc) is 2.50. The molecule has 0 aliphatic rings. The molecule has 1 atom stereocenters. The molecule has 2 nitrogen and oxygen atoms in total. The van der Waals surface area contributed by atoms with Gasteiger partial charge in [0.15, 0.2) is 0 Å². The molecule has 0 amide bonds. The summed E-state index contributed by atoms with van der Waals surface area (Å²) in [5.41, 5.74) is 1.44. The number of hydrogen-bond acceptors (Lipinski definition) is 2. The summed E-state index contributed by atoms with van der Waals surface area (Å²) in [5, 5.41) is 3.76. The van der Waals surface area contributed by atoms with E-state index in [0.29, 0.717) is 12.1 Å². The second-order valence-corrected chi connectivity index (χ2v) is 6.34. The van der Waals surface area contributed by atoms with Crippen molar-refractivity contribution in [3.8, 4) is 0 Å². The van der Waals surface area contributed by atoms with Crippen molar-refractivity contribution in [3.63, 3.8) is 0 Å². The summed E-state index contributed by atoms with van der Waals surface area (Å²) in [6.07, 6.45) is 6.40. The van der Waals surface area contributed by atoms with Crippen LogP contribution in [0.1, 0.15) is 64.5 Å². The van der Waals surface area contributed by atoms with E-state index in [1.54, 1.807) is 0 Å². The lowest BCUT2D eigenvalue weighted by Crippen LogP contribution is -2.30. The Morgan fingerprint density at radius 3 is 2.38 bits per heavy atom. The third-order valence-corrected chi connectivity index (χ3v) is 4.26. The fourth-order valence-electron chi connectivity index (χ4n) is 2.53. The van der Waals surface area contributed by atoms with Gasteiger partial charge in [-0.15, -0.1) is 0 Å². The van der Waals surface area contributed by atoms with Gasteiger partial charge in [0.25, 0.3) is 0 Å². The second kappa shape index (κ2) is 10.8. The quantitative estimate of drug-likeness (QED) is 0.598. The first-order chi connectivity index (χ1) is 10.1. The van der Waals surface area contributed by atoms with Gasteiger partial charge in [-0.3, -0.25) is 0 Å². The molecule has 1 unspecified atom stereocenters. The highest BCUT2D eigenvalue weighted by Crippen LogP contribution is 2.19. The Morgan fingerprint density at radius 1 is 1.05 bits per heavy atom. The molecule has 2 heteroatoms. The van der Waals surface area contributed by atoms with Crippen molar-refractivity contribution in [2.24, 2.45) is 0 Å². The molecule has 0 aliphatic carbocycles. The molecule has 120 valence electrons. The molecular weight excluding hydrogens is 256 g/mol. The molecule has 0 radical (unpaired) electrons. The van der Waals surface area contributed by atoms with Crippen LogP contribution in [0.3, 0.4) is 0 Å². The van der Waals surface area contributed by atoms with Crippen LogP contribution < -0.4 is 5.32 Å². The van der Waals surface area contributed by atoms with E-state index in [2.05, 4.69) is 68.4 Å². The lowest BCUT2D eigenvalue weighted by Gasteiger charge is -2.23. The zero-order valence-corrected chi connectivity index (χ0v) is 14.4. The highest BCUT2D eigenvalue weighted by Gasteiger charge is 2.10. The number of unbranched alkanes of at least 4 members (excludes halogenated alkanes) is 2. The van der Waals surface area contributed by atoms with Crippen LogP contribution in [-0.4, -0.2) is 31.1 Å². The van der Waals surface area contributed by atoms with Gasteiger partial charge in [0.2, 0.25) is 0 Å². The number of benzene rings is 1. The fourth-order valence-corrected chi connectivity index (χ4v) is 2.53. The molecule has 0 saturated heterocycles. The first-order valence-electron chi connectivity index (χ1n) is 8.63. The van der Waals surface area contributed by atoms with Crippen LogP contribution in [0.4, 0.5) is 0 Å². The topological polar surface area (TPSA) is 15.3 Å². The second-order valence-electron chi connectivity index (χ2n) is 6.34. The molecule has 1 rings (SSSR count). The van der Waals surface area contributed by atoms with E-state index in [0.717, 1.165) is 6.54 Å².